The fourth-order valence-electron chi connectivity index (χ4n) is 3.16. The third-order valence-corrected chi connectivity index (χ3v) is 4.48. The van der Waals surface area contributed by atoms with E-state index in [-0.39, 0.29) is 0 Å². The predicted octanol–water partition coefficient (Wildman–Crippen LogP) is 5.02. The molecule has 0 saturated carbocycles. The van der Waals surface area contributed by atoms with E-state index in [0.29, 0.717) is 17.3 Å². The molecule has 0 unspecified atom stereocenters. The van der Waals surface area contributed by atoms with Crippen molar-refractivity contribution in [2.75, 3.05) is 13.7 Å². The lowest BCUT2D eigenvalue weighted by molar-refractivity contribution is 0.0519. The van der Waals surface area contributed by atoms with Crippen molar-refractivity contribution < 1.29 is 14.3 Å². The van der Waals surface area contributed by atoms with Gasteiger partial charge in [-0.1, -0.05) is 17.7 Å². The molecule has 130 valence electrons. The first-order chi connectivity index (χ1) is 12.1. The summed E-state index contributed by atoms with van der Waals surface area (Å²) >= 11 is 6.19. The summed E-state index contributed by atoms with van der Waals surface area (Å²) < 4.78 is 10.6. The molecule has 0 aliphatic heterocycles. The lowest BCUT2D eigenvalue weighted by Crippen LogP contribution is -2.08. The SMILES string of the molecule is CCOC(=O)c1cccc(C2=C(c3cc(Cl)ccc3OC)CCC2)n1. The average molecular weight is 358 g/mol. The molecule has 3 rings (SSSR count). The first kappa shape index (κ1) is 17.5. The third kappa shape index (κ3) is 3.69. The molecule has 0 spiro atoms. The lowest BCUT2D eigenvalue weighted by Gasteiger charge is -2.13. The zero-order chi connectivity index (χ0) is 17.8. The summed E-state index contributed by atoms with van der Waals surface area (Å²) in [5.41, 5.74) is 4.43. The van der Waals surface area contributed by atoms with Gasteiger partial charge in [0.1, 0.15) is 11.4 Å². The topological polar surface area (TPSA) is 48.4 Å². The van der Waals surface area contributed by atoms with Gasteiger partial charge in [-0.2, -0.15) is 0 Å². The zero-order valence-corrected chi connectivity index (χ0v) is 15.1. The Labute approximate surface area is 152 Å². The number of ether oxygens (including phenoxy) is 2. The smallest absolute Gasteiger partial charge is 0.356 e. The minimum atomic E-state index is -0.398. The van der Waals surface area contributed by atoms with Gasteiger partial charge in [0.25, 0.3) is 0 Å². The van der Waals surface area contributed by atoms with E-state index in [1.165, 1.54) is 5.57 Å². The van der Waals surface area contributed by atoms with Gasteiger partial charge in [0.2, 0.25) is 0 Å². The van der Waals surface area contributed by atoms with Crippen molar-refractivity contribution in [3.8, 4) is 5.75 Å². The number of allylic oxidation sites excluding steroid dienone is 2. The number of aromatic nitrogens is 1. The summed E-state index contributed by atoms with van der Waals surface area (Å²) in [6.07, 6.45) is 2.87. The van der Waals surface area contributed by atoms with Crippen LogP contribution in [0.1, 0.15) is 47.9 Å². The number of carbonyl (C=O) groups is 1. The van der Waals surface area contributed by atoms with Crippen molar-refractivity contribution in [1.29, 1.82) is 0 Å². The molecule has 1 aliphatic rings. The van der Waals surface area contributed by atoms with Gasteiger partial charge in [0.05, 0.1) is 19.4 Å². The van der Waals surface area contributed by atoms with Gasteiger partial charge < -0.3 is 9.47 Å². The molecule has 1 aromatic heterocycles. The van der Waals surface area contributed by atoms with Crippen LogP contribution in [0.15, 0.2) is 36.4 Å². The van der Waals surface area contributed by atoms with Gasteiger partial charge in [-0.3, -0.25) is 0 Å². The van der Waals surface area contributed by atoms with E-state index in [4.69, 9.17) is 21.1 Å². The molecule has 1 heterocycles. The molecule has 25 heavy (non-hydrogen) atoms. The highest BCUT2D eigenvalue weighted by atomic mass is 35.5. The van der Waals surface area contributed by atoms with Gasteiger partial charge in [0, 0.05) is 10.6 Å². The summed E-state index contributed by atoms with van der Waals surface area (Å²) in [6.45, 7) is 2.11. The number of benzene rings is 1. The van der Waals surface area contributed by atoms with Crippen molar-refractivity contribution in [2.45, 2.75) is 26.2 Å². The Balaban J connectivity index is 2.07. The van der Waals surface area contributed by atoms with Gasteiger partial charge in [-0.25, -0.2) is 9.78 Å². The van der Waals surface area contributed by atoms with E-state index in [1.54, 1.807) is 20.1 Å². The van der Waals surface area contributed by atoms with Crippen LogP contribution in [0, 0.1) is 0 Å². The van der Waals surface area contributed by atoms with Crippen molar-refractivity contribution >= 4 is 28.7 Å². The van der Waals surface area contributed by atoms with Crippen molar-refractivity contribution in [1.82, 2.24) is 4.98 Å². The molecule has 1 aromatic carbocycles. The van der Waals surface area contributed by atoms with Crippen LogP contribution in [-0.4, -0.2) is 24.7 Å². The number of nitrogens with zero attached hydrogens (tertiary/aromatic N) is 1. The largest absolute Gasteiger partial charge is 0.496 e. The molecule has 2 aromatic rings. The molecule has 0 amide bonds. The fraction of sp³-hybridized carbons (Fsp3) is 0.300. The second-order valence-corrected chi connectivity index (χ2v) is 6.22. The van der Waals surface area contributed by atoms with Crippen molar-refractivity contribution in [3.63, 3.8) is 0 Å². The van der Waals surface area contributed by atoms with Crippen LogP contribution in [0.2, 0.25) is 5.02 Å². The van der Waals surface area contributed by atoms with Crippen LogP contribution in [0.25, 0.3) is 11.1 Å². The minimum absolute atomic E-state index is 0.330. The fourth-order valence-corrected chi connectivity index (χ4v) is 3.33. The van der Waals surface area contributed by atoms with Gasteiger partial charge >= 0.3 is 5.97 Å². The van der Waals surface area contributed by atoms with Crippen LogP contribution >= 0.6 is 11.6 Å². The van der Waals surface area contributed by atoms with Crippen LogP contribution in [-0.2, 0) is 4.74 Å². The molecule has 0 saturated heterocycles. The number of halogens is 1. The van der Waals surface area contributed by atoms with Gasteiger partial charge in [-0.15, -0.1) is 0 Å². The summed E-state index contributed by atoms with van der Waals surface area (Å²) in [6, 6.07) is 11.1. The first-order valence-electron chi connectivity index (χ1n) is 8.34. The Morgan fingerprint density at radius 3 is 2.76 bits per heavy atom. The van der Waals surface area contributed by atoms with Crippen LogP contribution in [0.3, 0.4) is 0 Å². The van der Waals surface area contributed by atoms with E-state index >= 15 is 0 Å². The monoisotopic (exact) mass is 357 g/mol. The standard InChI is InChI=1S/C20H20ClNO3/c1-3-25-20(23)18-9-5-8-17(22-18)15-7-4-6-14(15)16-12-13(21)10-11-19(16)24-2/h5,8-12H,3-4,6-7H2,1-2H3. The second kappa shape index (κ2) is 7.70. The first-order valence-corrected chi connectivity index (χ1v) is 8.72. The van der Waals surface area contributed by atoms with E-state index in [1.807, 2.05) is 30.3 Å². The van der Waals surface area contributed by atoms with E-state index in [2.05, 4.69) is 4.98 Å². The average Bonchev–Trinajstić information content (AvgIpc) is 3.11. The molecule has 0 atom stereocenters. The Hall–Kier alpha value is -2.33. The third-order valence-electron chi connectivity index (χ3n) is 4.25. The number of rotatable bonds is 5. The van der Waals surface area contributed by atoms with Crippen molar-refractivity contribution in [3.05, 3.63) is 58.4 Å². The maximum absolute atomic E-state index is 12.0. The maximum atomic E-state index is 12.0. The number of hydrogen-bond acceptors (Lipinski definition) is 4. The number of carbonyl (C=O) groups excluding carboxylic acids is 1. The summed E-state index contributed by atoms with van der Waals surface area (Å²) in [5, 5.41) is 0.669. The number of hydrogen-bond donors (Lipinski definition) is 0. The Morgan fingerprint density at radius 1 is 1.20 bits per heavy atom. The second-order valence-electron chi connectivity index (χ2n) is 5.78. The summed E-state index contributed by atoms with van der Waals surface area (Å²) in [7, 11) is 1.65. The highest BCUT2D eigenvalue weighted by Gasteiger charge is 2.22. The molecule has 0 bridgehead atoms. The van der Waals surface area contributed by atoms with E-state index < -0.39 is 5.97 Å². The highest BCUT2D eigenvalue weighted by Crippen LogP contribution is 2.42. The van der Waals surface area contributed by atoms with Gasteiger partial charge in [-0.05, 0) is 67.7 Å². The Kier molecular flexibility index (Phi) is 5.39. The van der Waals surface area contributed by atoms with Crippen LogP contribution in [0.5, 0.6) is 5.75 Å². The number of methoxy groups -OCH3 is 1. The van der Waals surface area contributed by atoms with E-state index in [0.717, 1.165) is 41.8 Å². The lowest BCUT2D eigenvalue weighted by atomic mass is 9.99. The zero-order valence-electron chi connectivity index (χ0n) is 14.3. The highest BCUT2D eigenvalue weighted by molar-refractivity contribution is 6.30. The molecule has 4 nitrogen and oxygen atoms in total. The molecular weight excluding hydrogens is 338 g/mol. The van der Waals surface area contributed by atoms with E-state index in [9.17, 15) is 4.79 Å². The normalized spacial score (nSPS) is 13.9. The number of pyridine rings is 1. The molecule has 0 N–H and O–H groups in total. The van der Waals surface area contributed by atoms with Crippen LogP contribution in [0.4, 0.5) is 0 Å². The quantitative estimate of drug-likeness (QED) is 0.705. The summed E-state index contributed by atoms with van der Waals surface area (Å²) in [4.78, 5) is 16.5. The maximum Gasteiger partial charge on any atom is 0.356 e. The molecule has 0 fully saturated rings. The van der Waals surface area contributed by atoms with Crippen molar-refractivity contribution in [2.24, 2.45) is 0 Å². The number of esters is 1. The minimum Gasteiger partial charge on any atom is -0.496 e. The summed E-state index contributed by atoms with van der Waals surface area (Å²) in [5.74, 6) is 0.394. The molecule has 0 radical (unpaired) electrons. The molecule has 5 heteroatoms. The predicted molar refractivity (Wildman–Crippen MR) is 98.9 cm³/mol. The van der Waals surface area contributed by atoms with Gasteiger partial charge in [0.15, 0.2) is 0 Å². The Bertz CT molecular complexity index is 829. The molecular formula is C20H20ClNO3. The Morgan fingerprint density at radius 2 is 2.00 bits per heavy atom. The molecule has 1 aliphatic carbocycles. The van der Waals surface area contributed by atoms with Crippen LogP contribution < -0.4 is 4.74 Å².